The van der Waals surface area contributed by atoms with Gasteiger partial charge in [0, 0.05) is 16.8 Å². The van der Waals surface area contributed by atoms with Gasteiger partial charge in [0.2, 0.25) is 0 Å². The summed E-state index contributed by atoms with van der Waals surface area (Å²) >= 11 is 0. The highest BCUT2D eigenvalue weighted by Gasteiger charge is 2.18. The van der Waals surface area contributed by atoms with Crippen molar-refractivity contribution in [2.24, 2.45) is 0 Å². The lowest BCUT2D eigenvalue weighted by Gasteiger charge is -2.11. The average molecular weight is 328 g/mol. The van der Waals surface area contributed by atoms with E-state index < -0.39 is 0 Å². The molecule has 21 heavy (non-hydrogen) atoms. The first kappa shape index (κ1) is 16.1. The second-order valence-electron chi connectivity index (χ2n) is 5.35. The molecule has 2 aromatic heterocycles. The van der Waals surface area contributed by atoms with Crippen LogP contribution in [-0.4, -0.2) is 22.4 Å². The van der Waals surface area contributed by atoms with Crippen molar-refractivity contribution in [1.82, 2.24) is 15.1 Å². The van der Waals surface area contributed by atoms with E-state index in [4.69, 9.17) is 9.52 Å². The summed E-state index contributed by atoms with van der Waals surface area (Å²) in [6.07, 6.45) is 4.26. The molecule has 4 rings (SSSR count). The first-order valence-corrected chi connectivity index (χ1v) is 6.89. The van der Waals surface area contributed by atoms with Crippen LogP contribution in [0.2, 0.25) is 0 Å². The predicted molar refractivity (Wildman–Crippen MR) is 89.8 cm³/mol. The maximum atomic E-state index is 5.50. The Balaban J connectivity index is 0.000000807. The molecule has 0 spiro atoms. The largest absolute Gasteiger partial charge is 0.464 e. The molecule has 0 saturated carbocycles. The van der Waals surface area contributed by atoms with Gasteiger partial charge in [0.05, 0.1) is 24.0 Å². The van der Waals surface area contributed by atoms with Gasteiger partial charge in [-0.25, -0.2) is 0 Å². The number of nitrogens with zero attached hydrogens (tertiary/aromatic N) is 2. The van der Waals surface area contributed by atoms with Crippen LogP contribution in [-0.2, 0) is 6.54 Å². The smallest absolute Gasteiger partial charge is 0.136 e. The second-order valence-corrected chi connectivity index (χ2v) is 5.35. The summed E-state index contributed by atoms with van der Waals surface area (Å²) in [5.41, 5.74) is 3.24. The molecule has 1 fully saturated rings. The summed E-state index contributed by atoms with van der Waals surface area (Å²) < 4.78 is 7.65. The zero-order valence-electron chi connectivity index (χ0n) is 11.8. The molecule has 3 aromatic rings. The lowest BCUT2D eigenvalue weighted by atomic mass is 10.1. The molecule has 6 heteroatoms. The third-order valence-corrected chi connectivity index (χ3v) is 4.08. The first-order valence-electron chi connectivity index (χ1n) is 6.89. The van der Waals surface area contributed by atoms with Crippen molar-refractivity contribution in [2.45, 2.75) is 32.4 Å². The van der Waals surface area contributed by atoms with Gasteiger partial charge >= 0.3 is 0 Å². The van der Waals surface area contributed by atoms with Crippen LogP contribution in [0.4, 0.5) is 0 Å². The Kier molecular flexibility index (Phi) is 4.81. The highest BCUT2D eigenvalue weighted by atomic mass is 35.5. The van der Waals surface area contributed by atoms with Gasteiger partial charge in [-0.1, -0.05) is 0 Å². The minimum atomic E-state index is 0. The van der Waals surface area contributed by atoms with Crippen molar-refractivity contribution in [3.05, 3.63) is 30.2 Å². The Labute approximate surface area is 135 Å². The van der Waals surface area contributed by atoms with Crippen LogP contribution >= 0.6 is 24.8 Å². The standard InChI is InChI=1S/C15H17N3O.2ClH/c1-10-12-4-5-14-13(6-8-19-14)15(12)18(17-10)9-11-3-2-7-16-11;;/h4-6,8,11,16H,2-3,7,9H2,1H3;2*1H/t11-;;/m0../s1. The summed E-state index contributed by atoms with van der Waals surface area (Å²) in [4.78, 5) is 0. The van der Waals surface area contributed by atoms with Crippen LogP contribution < -0.4 is 5.32 Å². The van der Waals surface area contributed by atoms with E-state index >= 15 is 0 Å². The topological polar surface area (TPSA) is 43.0 Å². The zero-order chi connectivity index (χ0) is 12.8. The van der Waals surface area contributed by atoms with Gasteiger partial charge in [0.1, 0.15) is 5.58 Å². The summed E-state index contributed by atoms with van der Waals surface area (Å²) in [5.74, 6) is 0. The lowest BCUT2D eigenvalue weighted by Crippen LogP contribution is -2.27. The van der Waals surface area contributed by atoms with Gasteiger partial charge in [-0.05, 0) is 44.5 Å². The van der Waals surface area contributed by atoms with E-state index in [1.54, 1.807) is 6.26 Å². The van der Waals surface area contributed by atoms with Crippen LogP contribution in [0.15, 0.2) is 28.9 Å². The highest BCUT2D eigenvalue weighted by molar-refractivity contribution is 6.04. The van der Waals surface area contributed by atoms with Gasteiger partial charge < -0.3 is 9.73 Å². The molecule has 1 atom stereocenters. The number of nitrogens with one attached hydrogen (secondary N) is 1. The lowest BCUT2D eigenvalue weighted by molar-refractivity contribution is 0.485. The van der Waals surface area contributed by atoms with Crippen molar-refractivity contribution in [2.75, 3.05) is 6.54 Å². The Morgan fingerprint density at radius 3 is 2.90 bits per heavy atom. The highest BCUT2D eigenvalue weighted by Crippen LogP contribution is 2.28. The zero-order valence-corrected chi connectivity index (χ0v) is 13.5. The van der Waals surface area contributed by atoms with E-state index in [2.05, 4.69) is 23.0 Å². The number of furan rings is 1. The molecule has 0 amide bonds. The van der Waals surface area contributed by atoms with Crippen molar-refractivity contribution < 1.29 is 4.42 Å². The maximum Gasteiger partial charge on any atom is 0.136 e. The minimum absolute atomic E-state index is 0. The normalized spacial score (nSPS) is 17.9. The SMILES string of the molecule is Cc1nn(C[C@@H]2CCCN2)c2c1ccc1occc12.Cl.Cl. The van der Waals surface area contributed by atoms with Crippen molar-refractivity contribution in [3.8, 4) is 0 Å². The van der Waals surface area contributed by atoms with Crippen molar-refractivity contribution >= 4 is 46.7 Å². The molecule has 0 radical (unpaired) electrons. The first-order chi connectivity index (χ1) is 9.33. The molecule has 1 aliphatic rings. The molecule has 0 bridgehead atoms. The predicted octanol–water partition coefficient (Wildman–Crippen LogP) is 3.69. The summed E-state index contributed by atoms with van der Waals surface area (Å²) in [5, 5.41) is 10.6. The summed E-state index contributed by atoms with van der Waals surface area (Å²) in [6.45, 7) is 4.14. The number of rotatable bonds is 2. The van der Waals surface area contributed by atoms with Gasteiger partial charge in [0.15, 0.2) is 0 Å². The van der Waals surface area contributed by atoms with Crippen LogP contribution in [0.25, 0.3) is 21.9 Å². The van der Waals surface area contributed by atoms with E-state index in [0.29, 0.717) is 6.04 Å². The molecule has 1 saturated heterocycles. The maximum absolute atomic E-state index is 5.50. The van der Waals surface area contributed by atoms with E-state index in [-0.39, 0.29) is 24.8 Å². The average Bonchev–Trinajstić information content (AvgIpc) is 3.10. The van der Waals surface area contributed by atoms with Crippen LogP contribution in [0.3, 0.4) is 0 Å². The Morgan fingerprint density at radius 1 is 1.29 bits per heavy atom. The van der Waals surface area contributed by atoms with E-state index in [1.165, 1.54) is 23.7 Å². The van der Waals surface area contributed by atoms with Crippen LogP contribution in [0.5, 0.6) is 0 Å². The molecule has 114 valence electrons. The molecule has 4 nitrogen and oxygen atoms in total. The third-order valence-electron chi connectivity index (χ3n) is 4.08. The molecule has 3 heterocycles. The Morgan fingerprint density at radius 2 is 2.14 bits per heavy atom. The van der Waals surface area contributed by atoms with Gasteiger partial charge in [0.25, 0.3) is 0 Å². The van der Waals surface area contributed by atoms with E-state index in [0.717, 1.165) is 29.8 Å². The van der Waals surface area contributed by atoms with Crippen molar-refractivity contribution in [1.29, 1.82) is 0 Å². The number of aromatic nitrogens is 2. The van der Waals surface area contributed by atoms with Gasteiger partial charge in [-0.2, -0.15) is 5.10 Å². The molecule has 1 aromatic carbocycles. The fourth-order valence-corrected chi connectivity index (χ4v) is 3.14. The monoisotopic (exact) mass is 327 g/mol. The number of aryl methyl sites for hydroxylation is 1. The molecule has 0 unspecified atom stereocenters. The molecule has 1 aliphatic heterocycles. The quantitative estimate of drug-likeness (QED) is 0.780. The van der Waals surface area contributed by atoms with Gasteiger partial charge in [-0.15, -0.1) is 24.8 Å². The second kappa shape index (κ2) is 6.26. The third kappa shape index (κ3) is 2.63. The number of hydrogen-bond acceptors (Lipinski definition) is 3. The van der Waals surface area contributed by atoms with Gasteiger partial charge in [-0.3, -0.25) is 4.68 Å². The minimum Gasteiger partial charge on any atom is -0.464 e. The number of hydrogen-bond donors (Lipinski definition) is 1. The fraction of sp³-hybridized carbons (Fsp3) is 0.400. The number of benzene rings is 1. The molecule has 0 aliphatic carbocycles. The number of fused-ring (bicyclic) bond motifs is 3. The molecular weight excluding hydrogens is 309 g/mol. The van der Waals surface area contributed by atoms with E-state index in [1.807, 2.05) is 12.1 Å². The summed E-state index contributed by atoms with van der Waals surface area (Å²) in [7, 11) is 0. The molecular formula is C15H19Cl2N3O. The van der Waals surface area contributed by atoms with Crippen LogP contribution in [0, 0.1) is 6.92 Å². The van der Waals surface area contributed by atoms with Crippen molar-refractivity contribution in [3.63, 3.8) is 0 Å². The number of halogens is 2. The summed E-state index contributed by atoms with van der Waals surface area (Å²) in [6, 6.07) is 6.73. The molecule has 1 N–H and O–H groups in total. The Bertz CT molecular complexity index is 744. The Hall–Kier alpha value is -1.23. The van der Waals surface area contributed by atoms with E-state index in [9.17, 15) is 0 Å². The fourth-order valence-electron chi connectivity index (χ4n) is 3.14. The van der Waals surface area contributed by atoms with Crippen LogP contribution in [0.1, 0.15) is 18.5 Å².